The molecule has 2 heteroatoms. The van der Waals surface area contributed by atoms with Crippen LogP contribution in [0.1, 0.15) is 90.4 Å². The molecule has 0 saturated carbocycles. The molecule has 0 aromatic heterocycles. The second kappa shape index (κ2) is 16.7. The quantitative estimate of drug-likeness (QED) is 0.328. The highest BCUT2D eigenvalue weighted by Crippen LogP contribution is 2.10. The number of aliphatic hydroxyl groups is 2. The molecular formula is C18H36O2. The molecule has 20 heavy (non-hydrogen) atoms. The summed E-state index contributed by atoms with van der Waals surface area (Å²) in [5, 5.41) is 18.5. The monoisotopic (exact) mass is 284 g/mol. The van der Waals surface area contributed by atoms with Crippen molar-refractivity contribution >= 4 is 0 Å². The summed E-state index contributed by atoms with van der Waals surface area (Å²) in [4.78, 5) is 0. The van der Waals surface area contributed by atoms with Crippen molar-refractivity contribution in [2.45, 2.75) is 96.5 Å². The first kappa shape index (κ1) is 19.7. The summed E-state index contributed by atoms with van der Waals surface area (Å²) in [6.07, 6.45) is 19.3. The van der Waals surface area contributed by atoms with Crippen LogP contribution in [0.5, 0.6) is 0 Å². The lowest BCUT2D eigenvalue weighted by Gasteiger charge is -2.07. The molecule has 0 amide bonds. The van der Waals surface area contributed by atoms with Gasteiger partial charge in [-0.3, -0.25) is 0 Å². The van der Waals surface area contributed by atoms with Gasteiger partial charge in [-0.25, -0.2) is 0 Å². The van der Waals surface area contributed by atoms with Crippen LogP contribution in [0.4, 0.5) is 0 Å². The van der Waals surface area contributed by atoms with Crippen LogP contribution in [-0.4, -0.2) is 22.9 Å². The summed E-state index contributed by atoms with van der Waals surface area (Å²) in [5.41, 5.74) is 0. The van der Waals surface area contributed by atoms with Gasteiger partial charge in [0.05, 0.1) is 6.10 Å². The largest absolute Gasteiger partial charge is 0.396 e. The maximum absolute atomic E-state index is 9.80. The summed E-state index contributed by atoms with van der Waals surface area (Å²) in [6, 6.07) is 0. The lowest BCUT2D eigenvalue weighted by Crippen LogP contribution is -2.04. The molecule has 0 fully saturated rings. The molecule has 0 aliphatic rings. The molecule has 0 heterocycles. The minimum Gasteiger partial charge on any atom is -0.396 e. The first-order valence-electron chi connectivity index (χ1n) is 8.75. The molecule has 0 aromatic carbocycles. The average molecular weight is 284 g/mol. The molecule has 2 nitrogen and oxygen atoms in total. The maximum Gasteiger partial charge on any atom is 0.0574 e. The van der Waals surface area contributed by atoms with Crippen LogP contribution in [0.2, 0.25) is 0 Å². The van der Waals surface area contributed by atoms with E-state index < -0.39 is 0 Å². The molecule has 0 bridgehead atoms. The average Bonchev–Trinajstić information content (AvgIpc) is 2.45. The van der Waals surface area contributed by atoms with Crippen LogP contribution in [0.15, 0.2) is 12.2 Å². The number of aliphatic hydroxyl groups excluding tert-OH is 2. The Hall–Kier alpha value is -0.340. The Labute approximate surface area is 126 Å². The lowest BCUT2D eigenvalue weighted by atomic mass is 10.1. The van der Waals surface area contributed by atoms with Gasteiger partial charge in [0.2, 0.25) is 0 Å². The van der Waals surface area contributed by atoms with E-state index in [0.717, 1.165) is 38.5 Å². The van der Waals surface area contributed by atoms with Crippen molar-refractivity contribution in [3.05, 3.63) is 12.2 Å². The normalized spacial score (nSPS) is 13.2. The third kappa shape index (κ3) is 15.7. The topological polar surface area (TPSA) is 40.5 Å². The molecule has 0 aliphatic heterocycles. The fraction of sp³-hybridized carbons (Fsp3) is 0.889. The minimum absolute atomic E-state index is 0.137. The number of hydrogen-bond acceptors (Lipinski definition) is 2. The van der Waals surface area contributed by atoms with Gasteiger partial charge < -0.3 is 10.2 Å². The zero-order chi connectivity index (χ0) is 14.9. The van der Waals surface area contributed by atoms with Gasteiger partial charge in [-0.2, -0.15) is 0 Å². The molecule has 0 radical (unpaired) electrons. The van der Waals surface area contributed by atoms with Gasteiger partial charge in [0, 0.05) is 6.61 Å². The van der Waals surface area contributed by atoms with Gasteiger partial charge >= 0.3 is 0 Å². The maximum atomic E-state index is 9.80. The van der Waals surface area contributed by atoms with Gasteiger partial charge in [-0.05, 0) is 32.1 Å². The Kier molecular flexibility index (Phi) is 16.4. The smallest absolute Gasteiger partial charge is 0.0574 e. The molecule has 2 N–H and O–H groups in total. The predicted molar refractivity (Wildman–Crippen MR) is 87.9 cm³/mol. The van der Waals surface area contributed by atoms with Crippen molar-refractivity contribution < 1.29 is 10.2 Å². The molecule has 120 valence electrons. The van der Waals surface area contributed by atoms with Crippen LogP contribution >= 0.6 is 0 Å². The van der Waals surface area contributed by atoms with Crippen LogP contribution in [0.3, 0.4) is 0 Å². The molecule has 0 saturated heterocycles. The second-order valence-electron chi connectivity index (χ2n) is 5.84. The Balaban J connectivity index is 3.21. The van der Waals surface area contributed by atoms with E-state index >= 15 is 0 Å². The fourth-order valence-electron chi connectivity index (χ4n) is 2.38. The van der Waals surface area contributed by atoms with Crippen LogP contribution in [0.25, 0.3) is 0 Å². The highest BCUT2D eigenvalue weighted by molar-refractivity contribution is 4.83. The van der Waals surface area contributed by atoms with Gasteiger partial charge in [0.25, 0.3) is 0 Å². The predicted octanol–water partition coefficient (Wildman–Crippen LogP) is 4.99. The Bertz CT molecular complexity index is 202. The highest BCUT2D eigenvalue weighted by Gasteiger charge is 2.00. The number of unbranched alkanes of at least 4 members (excludes halogenated alkanes) is 9. The van der Waals surface area contributed by atoms with Crippen molar-refractivity contribution in [2.75, 3.05) is 6.61 Å². The first-order valence-corrected chi connectivity index (χ1v) is 8.75. The van der Waals surface area contributed by atoms with Gasteiger partial charge in [-0.1, -0.05) is 70.4 Å². The van der Waals surface area contributed by atoms with E-state index in [2.05, 4.69) is 19.1 Å². The zero-order valence-corrected chi connectivity index (χ0v) is 13.5. The SMILES string of the molecule is CCCCCC[C@@H](O)C/C=C\CCCCCCCCO. The van der Waals surface area contributed by atoms with Crippen molar-refractivity contribution in [3.63, 3.8) is 0 Å². The molecule has 0 aromatic rings. The van der Waals surface area contributed by atoms with E-state index in [-0.39, 0.29) is 6.10 Å². The van der Waals surface area contributed by atoms with Crippen molar-refractivity contribution in [1.29, 1.82) is 0 Å². The Morgan fingerprint density at radius 2 is 1.45 bits per heavy atom. The van der Waals surface area contributed by atoms with E-state index in [0.29, 0.717) is 6.61 Å². The lowest BCUT2D eigenvalue weighted by molar-refractivity contribution is 0.163. The third-order valence-corrected chi connectivity index (χ3v) is 3.74. The Morgan fingerprint density at radius 1 is 0.800 bits per heavy atom. The van der Waals surface area contributed by atoms with Crippen molar-refractivity contribution in [2.24, 2.45) is 0 Å². The molecular weight excluding hydrogens is 248 g/mol. The number of rotatable bonds is 15. The van der Waals surface area contributed by atoms with E-state index in [1.165, 1.54) is 44.9 Å². The molecule has 0 spiro atoms. The Morgan fingerprint density at radius 3 is 2.15 bits per heavy atom. The summed E-state index contributed by atoms with van der Waals surface area (Å²) in [6.45, 7) is 2.55. The zero-order valence-electron chi connectivity index (χ0n) is 13.5. The van der Waals surface area contributed by atoms with Crippen LogP contribution in [-0.2, 0) is 0 Å². The van der Waals surface area contributed by atoms with E-state index in [1.807, 2.05) is 0 Å². The van der Waals surface area contributed by atoms with E-state index in [1.54, 1.807) is 0 Å². The van der Waals surface area contributed by atoms with Crippen LogP contribution in [0, 0.1) is 0 Å². The number of hydrogen-bond donors (Lipinski definition) is 2. The molecule has 0 rings (SSSR count). The van der Waals surface area contributed by atoms with Crippen LogP contribution < -0.4 is 0 Å². The van der Waals surface area contributed by atoms with E-state index in [9.17, 15) is 5.11 Å². The second-order valence-corrected chi connectivity index (χ2v) is 5.84. The first-order chi connectivity index (χ1) is 9.81. The summed E-state index contributed by atoms with van der Waals surface area (Å²) < 4.78 is 0. The summed E-state index contributed by atoms with van der Waals surface area (Å²) >= 11 is 0. The fourth-order valence-corrected chi connectivity index (χ4v) is 2.38. The number of allylic oxidation sites excluding steroid dienone is 1. The molecule has 0 unspecified atom stereocenters. The van der Waals surface area contributed by atoms with Crippen molar-refractivity contribution in [1.82, 2.24) is 0 Å². The van der Waals surface area contributed by atoms with Gasteiger partial charge in [0.15, 0.2) is 0 Å². The summed E-state index contributed by atoms with van der Waals surface area (Å²) in [5.74, 6) is 0. The highest BCUT2D eigenvalue weighted by atomic mass is 16.3. The minimum atomic E-state index is -0.137. The van der Waals surface area contributed by atoms with Gasteiger partial charge in [-0.15, -0.1) is 0 Å². The van der Waals surface area contributed by atoms with Gasteiger partial charge in [0.1, 0.15) is 0 Å². The molecule has 1 atom stereocenters. The standard InChI is InChI=1S/C18H36O2/c1-2-3-4-12-15-18(20)16-13-10-8-6-5-7-9-11-14-17-19/h10,13,18-20H,2-9,11-12,14-17H2,1H3/b13-10-/t18-/m1/s1. The van der Waals surface area contributed by atoms with E-state index in [4.69, 9.17) is 5.11 Å². The molecule has 0 aliphatic carbocycles. The third-order valence-electron chi connectivity index (χ3n) is 3.74. The van der Waals surface area contributed by atoms with Crippen molar-refractivity contribution in [3.8, 4) is 0 Å². The summed E-state index contributed by atoms with van der Waals surface area (Å²) in [7, 11) is 0.